The van der Waals surface area contributed by atoms with Crippen LogP contribution in [0.2, 0.25) is 0 Å². The van der Waals surface area contributed by atoms with Crippen LogP contribution in [-0.4, -0.2) is 29.7 Å². The first-order chi connectivity index (χ1) is 14.6. The van der Waals surface area contributed by atoms with Crippen molar-refractivity contribution in [3.8, 4) is 11.4 Å². The van der Waals surface area contributed by atoms with Crippen LogP contribution in [-0.2, 0) is 22.7 Å². The number of aromatic nitrogens is 3. The van der Waals surface area contributed by atoms with Gasteiger partial charge in [-0.25, -0.2) is 13.1 Å². The maximum Gasteiger partial charge on any atom is 0.471 e. The summed E-state index contributed by atoms with van der Waals surface area (Å²) < 4.78 is 71.6. The topological polar surface area (TPSA) is 90.0 Å². The summed E-state index contributed by atoms with van der Waals surface area (Å²) in [7, 11) is -3.64. The number of benzene rings is 2. The molecule has 0 atom stereocenters. The fourth-order valence-corrected chi connectivity index (χ4v) is 4.28. The monoisotopic (exact) mass is 450 g/mol. The van der Waals surface area contributed by atoms with E-state index in [1.807, 2.05) is 17.7 Å². The molecule has 0 saturated heterocycles. The molecule has 0 unspecified atom stereocenters. The van der Waals surface area contributed by atoms with Gasteiger partial charge in [-0.3, -0.25) is 0 Å². The predicted molar refractivity (Wildman–Crippen MR) is 107 cm³/mol. The fourth-order valence-electron chi connectivity index (χ4n) is 3.24. The van der Waals surface area contributed by atoms with Crippen molar-refractivity contribution in [1.82, 2.24) is 19.4 Å². The number of nitrogens with zero attached hydrogens (tertiary/aromatic N) is 3. The molecule has 4 aromatic rings. The van der Waals surface area contributed by atoms with Gasteiger partial charge in [-0.2, -0.15) is 18.2 Å². The summed E-state index contributed by atoms with van der Waals surface area (Å²) in [6, 6.07) is 13.0. The quantitative estimate of drug-likeness (QED) is 0.480. The Balaban J connectivity index is 1.57. The number of halogens is 3. The van der Waals surface area contributed by atoms with Crippen LogP contribution in [0.1, 0.15) is 11.5 Å². The Labute approximate surface area is 175 Å². The van der Waals surface area contributed by atoms with Gasteiger partial charge in [-0.05, 0) is 30.7 Å². The van der Waals surface area contributed by atoms with E-state index >= 15 is 0 Å². The third-order valence-electron chi connectivity index (χ3n) is 4.71. The molecule has 2 heterocycles. The number of nitrogens with one attached hydrogen (secondary N) is 1. The minimum atomic E-state index is -4.72. The Morgan fingerprint density at radius 2 is 1.87 bits per heavy atom. The zero-order valence-corrected chi connectivity index (χ0v) is 17.0. The predicted octanol–water partition coefficient (Wildman–Crippen LogP) is 4.00. The molecule has 162 valence electrons. The Kier molecular flexibility index (Phi) is 5.31. The van der Waals surface area contributed by atoms with E-state index in [0.717, 1.165) is 10.9 Å². The van der Waals surface area contributed by atoms with E-state index < -0.39 is 22.1 Å². The molecule has 11 heteroatoms. The van der Waals surface area contributed by atoms with Crippen LogP contribution in [0.5, 0.6) is 0 Å². The summed E-state index contributed by atoms with van der Waals surface area (Å²) in [6.07, 6.45) is -2.87. The molecular weight excluding hydrogens is 433 g/mol. The lowest BCUT2D eigenvalue weighted by Crippen LogP contribution is -2.27. The molecule has 0 radical (unpaired) electrons. The molecule has 0 saturated carbocycles. The number of alkyl halides is 3. The van der Waals surface area contributed by atoms with E-state index in [-0.39, 0.29) is 17.3 Å². The first-order valence-electron chi connectivity index (χ1n) is 9.21. The number of hydrogen-bond acceptors (Lipinski definition) is 5. The second kappa shape index (κ2) is 7.82. The van der Waals surface area contributed by atoms with Crippen molar-refractivity contribution < 1.29 is 26.1 Å². The zero-order chi connectivity index (χ0) is 22.2. The van der Waals surface area contributed by atoms with Crippen molar-refractivity contribution in [3.63, 3.8) is 0 Å². The minimum Gasteiger partial charge on any atom is -0.346 e. The van der Waals surface area contributed by atoms with Crippen LogP contribution in [0.3, 0.4) is 0 Å². The summed E-state index contributed by atoms with van der Waals surface area (Å²) in [5, 5.41) is 4.30. The lowest BCUT2D eigenvalue weighted by Gasteiger charge is -2.09. The van der Waals surface area contributed by atoms with Gasteiger partial charge in [0.25, 0.3) is 0 Å². The largest absolute Gasteiger partial charge is 0.471 e. The fraction of sp³-hybridized carbons (Fsp3) is 0.200. The first kappa shape index (κ1) is 21.1. The average molecular weight is 450 g/mol. The van der Waals surface area contributed by atoms with E-state index in [9.17, 15) is 21.6 Å². The molecular formula is C20H17F3N4O3S. The molecule has 1 N–H and O–H groups in total. The molecule has 7 nitrogen and oxygen atoms in total. The highest BCUT2D eigenvalue weighted by atomic mass is 32.2. The molecule has 0 amide bonds. The summed E-state index contributed by atoms with van der Waals surface area (Å²) in [5.74, 6) is -1.59. The van der Waals surface area contributed by atoms with Gasteiger partial charge in [0.1, 0.15) is 0 Å². The van der Waals surface area contributed by atoms with Crippen LogP contribution in [0, 0.1) is 6.92 Å². The van der Waals surface area contributed by atoms with Crippen molar-refractivity contribution >= 4 is 20.9 Å². The summed E-state index contributed by atoms with van der Waals surface area (Å²) in [6.45, 7) is 2.34. The van der Waals surface area contributed by atoms with Crippen LogP contribution in [0.15, 0.2) is 64.1 Å². The lowest BCUT2D eigenvalue weighted by atomic mass is 10.1. The molecule has 31 heavy (non-hydrogen) atoms. The lowest BCUT2D eigenvalue weighted by molar-refractivity contribution is -0.159. The second-order valence-electron chi connectivity index (χ2n) is 6.87. The maximum atomic E-state index is 12.7. The third kappa shape index (κ3) is 4.32. The third-order valence-corrected chi connectivity index (χ3v) is 6.18. The number of fused-ring (bicyclic) bond motifs is 1. The van der Waals surface area contributed by atoms with Crippen molar-refractivity contribution in [3.05, 3.63) is 66.2 Å². The molecule has 0 spiro atoms. The van der Waals surface area contributed by atoms with Crippen molar-refractivity contribution in [2.45, 2.75) is 24.5 Å². The molecule has 0 aliphatic carbocycles. The van der Waals surface area contributed by atoms with Crippen molar-refractivity contribution in [1.29, 1.82) is 0 Å². The molecule has 0 fully saturated rings. The van der Waals surface area contributed by atoms with E-state index in [1.165, 1.54) is 12.1 Å². The minimum absolute atomic E-state index is 0.130. The van der Waals surface area contributed by atoms with Gasteiger partial charge in [0.2, 0.25) is 15.8 Å². The second-order valence-corrected chi connectivity index (χ2v) is 8.64. The maximum absolute atomic E-state index is 12.7. The van der Waals surface area contributed by atoms with Crippen LogP contribution in [0.25, 0.3) is 22.3 Å². The van der Waals surface area contributed by atoms with E-state index in [2.05, 4.69) is 19.4 Å². The number of hydrogen-bond donors (Lipinski definition) is 1. The van der Waals surface area contributed by atoms with Crippen molar-refractivity contribution in [2.75, 3.05) is 6.54 Å². The highest BCUT2D eigenvalue weighted by Gasteiger charge is 2.38. The van der Waals surface area contributed by atoms with E-state index in [1.54, 1.807) is 36.4 Å². The van der Waals surface area contributed by atoms with Crippen LogP contribution in [0.4, 0.5) is 13.2 Å². The molecule has 0 bridgehead atoms. The van der Waals surface area contributed by atoms with Gasteiger partial charge in [-0.1, -0.05) is 35.5 Å². The van der Waals surface area contributed by atoms with Gasteiger partial charge >= 0.3 is 12.1 Å². The summed E-state index contributed by atoms with van der Waals surface area (Å²) >= 11 is 0. The van der Waals surface area contributed by atoms with Gasteiger partial charge in [-0.15, -0.1) is 0 Å². The Morgan fingerprint density at radius 1 is 1.13 bits per heavy atom. The Morgan fingerprint density at radius 3 is 2.55 bits per heavy atom. The zero-order valence-electron chi connectivity index (χ0n) is 16.2. The van der Waals surface area contributed by atoms with Gasteiger partial charge in [0.05, 0.1) is 4.90 Å². The Bertz CT molecular complexity index is 1330. The number of aryl methyl sites for hydroxylation is 1. The van der Waals surface area contributed by atoms with Crippen molar-refractivity contribution in [2.24, 2.45) is 0 Å². The van der Waals surface area contributed by atoms with E-state index in [4.69, 9.17) is 0 Å². The van der Waals surface area contributed by atoms with Gasteiger partial charge in [0, 0.05) is 35.8 Å². The van der Waals surface area contributed by atoms with E-state index in [0.29, 0.717) is 17.6 Å². The highest BCUT2D eigenvalue weighted by Crippen LogP contribution is 2.31. The van der Waals surface area contributed by atoms with Gasteiger partial charge < -0.3 is 9.09 Å². The molecule has 4 rings (SSSR count). The average Bonchev–Trinajstić information content (AvgIpc) is 3.34. The summed E-state index contributed by atoms with van der Waals surface area (Å²) in [5.41, 5.74) is 2.01. The first-order valence-corrected chi connectivity index (χ1v) is 10.7. The molecule has 0 aliphatic heterocycles. The normalized spacial score (nSPS) is 12.5. The molecule has 0 aliphatic rings. The number of rotatable bonds is 6. The highest BCUT2D eigenvalue weighted by molar-refractivity contribution is 7.89. The summed E-state index contributed by atoms with van der Waals surface area (Å²) in [4.78, 5) is 3.59. The van der Waals surface area contributed by atoms with Crippen LogP contribution >= 0.6 is 0 Å². The smallest absolute Gasteiger partial charge is 0.346 e. The standard InChI is InChI=1S/C20H17F3N4O3S/c1-13-12-27(10-9-24-31(28,29)15-5-3-2-4-6-15)17-11-14(7-8-16(13)17)18-25-19(30-26-18)20(21,22)23/h2-8,11-12,24H,9-10H2,1H3. The molecule has 2 aromatic heterocycles. The Hall–Kier alpha value is -3.18. The van der Waals surface area contributed by atoms with Gasteiger partial charge in [0.15, 0.2) is 0 Å². The molecule has 2 aromatic carbocycles. The number of sulfonamides is 1. The SMILES string of the molecule is Cc1cn(CCNS(=O)(=O)c2ccccc2)c2cc(-c3noc(C(F)(F)F)n3)ccc12. The van der Waals surface area contributed by atoms with Crippen LogP contribution < -0.4 is 4.72 Å².